The lowest BCUT2D eigenvalue weighted by molar-refractivity contribution is -0.120. The third-order valence-corrected chi connectivity index (χ3v) is 3.74. The maximum absolute atomic E-state index is 12.3. The van der Waals surface area contributed by atoms with Crippen molar-refractivity contribution in [1.29, 1.82) is 0 Å². The molecule has 1 aliphatic rings. The minimum Gasteiger partial charge on any atom is -0.329 e. The van der Waals surface area contributed by atoms with E-state index in [0.29, 0.717) is 12.4 Å². The summed E-state index contributed by atoms with van der Waals surface area (Å²) in [5, 5.41) is 9.91. The summed E-state index contributed by atoms with van der Waals surface area (Å²) in [6.45, 7) is 2.23. The molecule has 0 atom stereocenters. The van der Waals surface area contributed by atoms with Crippen LogP contribution in [0, 0.1) is 12.3 Å². The van der Waals surface area contributed by atoms with Gasteiger partial charge in [-0.3, -0.25) is 9.89 Å². The van der Waals surface area contributed by atoms with Gasteiger partial charge in [-0.05, 0) is 31.9 Å². The Morgan fingerprint density at radius 2 is 2.20 bits per heavy atom. The van der Waals surface area contributed by atoms with Crippen LogP contribution in [-0.2, 0) is 4.79 Å². The molecular formula is C14H17N5O. The van der Waals surface area contributed by atoms with Gasteiger partial charge in [0.15, 0.2) is 5.82 Å². The van der Waals surface area contributed by atoms with Crippen LogP contribution in [0.5, 0.6) is 0 Å². The fourth-order valence-electron chi connectivity index (χ4n) is 2.18. The summed E-state index contributed by atoms with van der Waals surface area (Å²) in [4.78, 5) is 16.6. The van der Waals surface area contributed by atoms with Crippen molar-refractivity contribution in [3.05, 3.63) is 30.1 Å². The minimum atomic E-state index is -0.373. The van der Waals surface area contributed by atoms with Crippen molar-refractivity contribution in [2.75, 3.05) is 11.9 Å². The number of H-pyrrole nitrogens is 1. The first-order valence-electron chi connectivity index (χ1n) is 6.64. The third-order valence-electron chi connectivity index (χ3n) is 3.74. The van der Waals surface area contributed by atoms with Crippen molar-refractivity contribution in [1.82, 2.24) is 15.2 Å². The van der Waals surface area contributed by atoms with Crippen LogP contribution in [0.3, 0.4) is 0 Å². The standard InChI is InChI=1S/C14H17N5O/c1-9-16-12(19-18-9)10-4-2-3-5-11(10)17-13(20)14(8-15)6-7-14/h2-5H,6-8,15H2,1H3,(H,17,20)(H,16,18,19). The number of nitrogens with one attached hydrogen (secondary N) is 2. The molecular weight excluding hydrogens is 254 g/mol. The van der Waals surface area contributed by atoms with E-state index in [2.05, 4.69) is 20.5 Å². The summed E-state index contributed by atoms with van der Waals surface area (Å²) in [5.41, 5.74) is 6.83. The second-order valence-corrected chi connectivity index (χ2v) is 5.23. The molecule has 0 unspecified atom stereocenters. The molecule has 2 aromatic rings. The Hall–Kier alpha value is -2.21. The van der Waals surface area contributed by atoms with Crippen molar-refractivity contribution < 1.29 is 4.79 Å². The van der Waals surface area contributed by atoms with Gasteiger partial charge in [-0.25, -0.2) is 4.98 Å². The van der Waals surface area contributed by atoms with Crippen molar-refractivity contribution in [3.8, 4) is 11.4 Å². The van der Waals surface area contributed by atoms with Gasteiger partial charge >= 0.3 is 0 Å². The largest absolute Gasteiger partial charge is 0.329 e. The smallest absolute Gasteiger partial charge is 0.231 e. The number of carbonyl (C=O) groups excluding carboxylic acids is 1. The lowest BCUT2D eigenvalue weighted by Crippen LogP contribution is -2.31. The molecule has 1 aliphatic carbocycles. The number of carbonyl (C=O) groups is 1. The fourth-order valence-corrected chi connectivity index (χ4v) is 2.18. The van der Waals surface area contributed by atoms with E-state index in [1.54, 1.807) is 0 Å². The zero-order valence-corrected chi connectivity index (χ0v) is 11.3. The summed E-state index contributed by atoms with van der Waals surface area (Å²) in [6.07, 6.45) is 1.72. The summed E-state index contributed by atoms with van der Waals surface area (Å²) >= 11 is 0. The molecule has 0 bridgehead atoms. The van der Waals surface area contributed by atoms with Crippen molar-refractivity contribution in [3.63, 3.8) is 0 Å². The van der Waals surface area contributed by atoms with Gasteiger partial charge in [0.2, 0.25) is 5.91 Å². The maximum atomic E-state index is 12.3. The van der Waals surface area contributed by atoms with Crippen LogP contribution >= 0.6 is 0 Å². The molecule has 1 saturated carbocycles. The number of aryl methyl sites for hydroxylation is 1. The fraction of sp³-hybridized carbons (Fsp3) is 0.357. The second-order valence-electron chi connectivity index (χ2n) is 5.23. The maximum Gasteiger partial charge on any atom is 0.231 e. The lowest BCUT2D eigenvalue weighted by atomic mass is 10.1. The number of aromatic nitrogens is 3. The van der Waals surface area contributed by atoms with E-state index < -0.39 is 0 Å². The molecule has 0 saturated heterocycles. The van der Waals surface area contributed by atoms with E-state index >= 15 is 0 Å². The van der Waals surface area contributed by atoms with Gasteiger partial charge in [-0.2, -0.15) is 5.10 Å². The predicted octanol–water partition coefficient (Wildman–Crippen LogP) is 1.46. The molecule has 0 radical (unpaired) electrons. The average Bonchev–Trinajstić information content (AvgIpc) is 3.15. The number of para-hydroxylation sites is 1. The van der Waals surface area contributed by atoms with Gasteiger partial charge in [0.1, 0.15) is 5.82 Å². The molecule has 0 aliphatic heterocycles. The Balaban J connectivity index is 1.89. The van der Waals surface area contributed by atoms with Crippen LogP contribution in [0.25, 0.3) is 11.4 Å². The molecule has 1 aromatic heterocycles. The highest BCUT2D eigenvalue weighted by atomic mass is 16.2. The molecule has 1 aromatic carbocycles. The zero-order chi connectivity index (χ0) is 14.2. The van der Waals surface area contributed by atoms with Gasteiger partial charge in [-0.1, -0.05) is 12.1 Å². The molecule has 6 heteroatoms. The topological polar surface area (TPSA) is 96.7 Å². The van der Waals surface area contributed by atoms with Crippen molar-refractivity contribution in [2.24, 2.45) is 11.1 Å². The second kappa shape index (κ2) is 4.72. The van der Waals surface area contributed by atoms with Crippen LogP contribution in [-0.4, -0.2) is 27.6 Å². The van der Waals surface area contributed by atoms with E-state index in [4.69, 9.17) is 5.73 Å². The minimum absolute atomic E-state index is 0.0142. The van der Waals surface area contributed by atoms with Crippen molar-refractivity contribution >= 4 is 11.6 Å². The Morgan fingerprint density at radius 1 is 1.45 bits per heavy atom. The van der Waals surface area contributed by atoms with Crippen LogP contribution in [0.4, 0.5) is 5.69 Å². The number of hydrogen-bond acceptors (Lipinski definition) is 4. The zero-order valence-electron chi connectivity index (χ0n) is 11.3. The van der Waals surface area contributed by atoms with E-state index in [1.807, 2.05) is 31.2 Å². The molecule has 1 fully saturated rings. The number of anilines is 1. The quantitative estimate of drug-likeness (QED) is 0.784. The van der Waals surface area contributed by atoms with Crippen LogP contribution in [0.2, 0.25) is 0 Å². The SMILES string of the molecule is Cc1nc(-c2ccccc2NC(=O)C2(CN)CC2)n[nH]1. The molecule has 104 valence electrons. The molecule has 1 heterocycles. The Kier molecular flexibility index (Phi) is 3.02. The Labute approximate surface area is 116 Å². The molecule has 4 N–H and O–H groups in total. The third kappa shape index (κ3) is 2.18. The number of amides is 1. The van der Waals surface area contributed by atoms with Crippen LogP contribution in [0.1, 0.15) is 18.7 Å². The molecule has 1 amide bonds. The molecule has 3 rings (SSSR count). The summed E-state index contributed by atoms with van der Waals surface area (Å²) < 4.78 is 0. The molecule has 6 nitrogen and oxygen atoms in total. The number of hydrogen-bond donors (Lipinski definition) is 3. The number of benzene rings is 1. The van der Waals surface area contributed by atoms with Gasteiger partial charge in [0.05, 0.1) is 11.1 Å². The van der Waals surface area contributed by atoms with Gasteiger partial charge < -0.3 is 11.1 Å². The molecule has 20 heavy (non-hydrogen) atoms. The number of aromatic amines is 1. The van der Waals surface area contributed by atoms with E-state index in [0.717, 1.165) is 29.9 Å². The highest BCUT2D eigenvalue weighted by molar-refractivity contribution is 6.00. The highest BCUT2D eigenvalue weighted by Gasteiger charge is 2.48. The Bertz CT molecular complexity index is 645. The number of nitrogens with two attached hydrogens (primary N) is 1. The first-order chi connectivity index (χ1) is 9.64. The van der Waals surface area contributed by atoms with E-state index in [-0.39, 0.29) is 11.3 Å². The van der Waals surface area contributed by atoms with Crippen LogP contribution in [0.15, 0.2) is 24.3 Å². The average molecular weight is 271 g/mol. The van der Waals surface area contributed by atoms with Gasteiger partial charge in [0, 0.05) is 12.1 Å². The van der Waals surface area contributed by atoms with E-state index in [1.165, 1.54) is 0 Å². The first-order valence-corrected chi connectivity index (χ1v) is 6.64. The first kappa shape index (κ1) is 12.8. The predicted molar refractivity (Wildman–Crippen MR) is 75.9 cm³/mol. The summed E-state index contributed by atoms with van der Waals surface area (Å²) in [7, 11) is 0. The molecule has 0 spiro atoms. The van der Waals surface area contributed by atoms with Gasteiger partial charge in [-0.15, -0.1) is 0 Å². The number of rotatable bonds is 4. The monoisotopic (exact) mass is 271 g/mol. The summed E-state index contributed by atoms with van der Waals surface area (Å²) in [5.74, 6) is 1.30. The number of nitrogens with zero attached hydrogens (tertiary/aromatic N) is 2. The Morgan fingerprint density at radius 3 is 2.80 bits per heavy atom. The normalized spacial score (nSPS) is 15.9. The van der Waals surface area contributed by atoms with Crippen LogP contribution < -0.4 is 11.1 Å². The van der Waals surface area contributed by atoms with Gasteiger partial charge in [0.25, 0.3) is 0 Å². The summed E-state index contributed by atoms with van der Waals surface area (Å²) in [6, 6.07) is 7.51. The van der Waals surface area contributed by atoms with E-state index in [9.17, 15) is 4.79 Å². The highest BCUT2D eigenvalue weighted by Crippen LogP contribution is 2.45. The van der Waals surface area contributed by atoms with Crippen molar-refractivity contribution in [2.45, 2.75) is 19.8 Å². The lowest BCUT2D eigenvalue weighted by Gasteiger charge is -2.14.